The zero-order valence-corrected chi connectivity index (χ0v) is 12.9. The highest BCUT2D eigenvalue weighted by molar-refractivity contribution is 5.72. The zero-order valence-electron chi connectivity index (χ0n) is 12.9. The summed E-state index contributed by atoms with van der Waals surface area (Å²) in [7, 11) is 1.37. The van der Waals surface area contributed by atoms with E-state index >= 15 is 0 Å². The van der Waals surface area contributed by atoms with Gasteiger partial charge in [0, 0.05) is 11.4 Å². The van der Waals surface area contributed by atoms with Crippen LogP contribution in [0.15, 0.2) is 48.5 Å². The molecule has 6 nitrogen and oxygen atoms in total. The Morgan fingerprint density at radius 2 is 1.26 bits per heavy atom. The number of benzene rings is 2. The van der Waals surface area contributed by atoms with Gasteiger partial charge in [-0.2, -0.15) is 0 Å². The van der Waals surface area contributed by atoms with Gasteiger partial charge in [-0.25, -0.2) is 0 Å². The number of carboxylic acids is 1. The Bertz CT molecular complexity index is 637. The molecule has 0 saturated heterocycles. The summed E-state index contributed by atoms with van der Waals surface area (Å²) in [5.41, 5.74) is 13.9. The third kappa shape index (κ3) is 7.52. The van der Waals surface area contributed by atoms with Gasteiger partial charge < -0.3 is 21.3 Å². The predicted molar refractivity (Wildman–Crippen MR) is 88.8 cm³/mol. The number of nitrogen functional groups attached to an aromatic ring is 2. The van der Waals surface area contributed by atoms with Gasteiger partial charge >= 0.3 is 11.9 Å². The van der Waals surface area contributed by atoms with Crippen molar-refractivity contribution in [2.45, 2.75) is 12.8 Å². The minimum absolute atomic E-state index is 0.0558. The van der Waals surface area contributed by atoms with Crippen LogP contribution in [0.4, 0.5) is 11.4 Å². The SMILES string of the molecule is COC(=O)Cc1ccc(N)cc1.Nc1ccc(CC(=O)O)cc1. The minimum Gasteiger partial charge on any atom is -0.481 e. The summed E-state index contributed by atoms with van der Waals surface area (Å²) >= 11 is 0. The first-order chi connectivity index (χ1) is 10.9. The first kappa shape index (κ1) is 18.0. The maximum Gasteiger partial charge on any atom is 0.309 e. The highest BCUT2D eigenvalue weighted by Gasteiger charge is 2.01. The number of rotatable bonds is 4. The molecule has 0 atom stereocenters. The predicted octanol–water partition coefficient (Wildman–Crippen LogP) is 1.88. The second-order valence-corrected chi connectivity index (χ2v) is 4.81. The fraction of sp³-hybridized carbons (Fsp3) is 0.176. The molecule has 2 aromatic rings. The largest absolute Gasteiger partial charge is 0.481 e. The van der Waals surface area contributed by atoms with E-state index in [1.165, 1.54) is 7.11 Å². The number of aliphatic carboxylic acids is 1. The summed E-state index contributed by atoms with van der Waals surface area (Å²) in [4.78, 5) is 21.0. The summed E-state index contributed by atoms with van der Waals surface area (Å²) in [6.07, 6.45) is 0.358. The second-order valence-electron chi connectivity index (χ2n) is 4.81. The molecule has 0 aliphatic rings. The highest BCUT2D eigenvalue weighted by atomic mass is 16.5. The van der Waals surface area contributed by atoms with E-state index in [9.17, 15) is 9.59 Å². The van der Waals surface area contributed by atoms with Gasteiger partial charge in [0.05, 0.1) is 20.0 Å². The van der Waals surface area contributed by atoms with Gasteiger partial charge in [-0.05, 0) is 35.4 Å². The molecule has 0 saturated carbocycles. The minimum atomic E-state index is -0.824. The smallest absolute Gasteiger partial charge is 0.309 e. The number of hydrogen-bond acceptors (Lipinski definition) is 5. The molecule has 0 heterocycles. The second kappa shape index (κ2) is 9.09. The standard InChI is InChI=1S/C9H11NO2.C8H9NO2/c1-12-9(11)6-7-2-4-8(10)5-3-7;9-7-3-1-6(2-4-7)5-8(10)11/h2-5H,6,10H2,1H3;1-4H,5,9H2,(H,10,11). The number of carboxylic acid groups (broad SMARTS) is 1. The van der Waals surface area contributed by atoms with E-state index in [0.29, 0.717) is 17.8 Å². The molecular formula is C17H20N2O4. The van der Waals surface area contributed by atoms with Crippen LogP contribution in [0.25, 0.3) is 0 Å². The van der Waals surface area contributed by atoms with Crippen LogP contribution in [-0.2, 0) is 27.2 Å². The summed E-state index contributed by atoms with van der Waals surface area (Å²) in [6.45, 7) is 0. The lowest BCUT2D eigenvalue weighted by Gasteiger charge is -1.99. The van der Waals surface area contributed by atoms with Crippen molar-refractivity contribution < 1.29 is 19.4 Å². The van der Waals surface area contributed by atoms with Crippen LogP contribution >= 0.6 is 0 Å². The molecule has 122 valence electrons. The Balaban J connectivity index is 0.000000231. The lowest BCUT2D eigenvalue weighted by atomic mass is 10.1. The summed E-state index contributed by atoms with van der Waals surface area (Å²) in [6, 6.07) is 14.0. The van der Waals surface area contributed by atoms with Gasteiger partial charge in [0.2, 0.25) is 0 Å². The van der Waals surface area contributed by atoms with E-state index < -0.39 is 5.97 Å². The average molecular weight is 316 g/mol. The molecule has 23 heavy (non-hydrogen) atoms. The van der Waals surface area contributed by atoms with Crippen molar-refractivity contribution in [2.75, 3.05) is 18.6 Å². The maximum absolute atomic E-state index is 10.8. The monoisotopic (exact) mass is 316 g/mol. The zero-order chi connectivity index (χ0) is 17.2. The van der Waals surface area contributed by atoms with Crippen LogP contribution in [-0.4, -0.2) is 24.2 Å². The summed E-state index contributed by atoms with van der Waals surface area (Å²) in [5.74, 6) is -1.06. The molecule has 2 rings (SSSR count). The molecule has 0 aliphatic heterocycles. The highest BCUT2D eigenvalue weighted by Crippen LogP contribution is 2.06. The van der Waals surface area contributed by atoms with E-state index in [4.69, 9.17) is 16.6 Å². The number of methoxy groups -OCH3 is 1. The van der Waals surface area contributed by atoms with Crippen LogP contribution in [0.1, 0.15) is 11.1 Å². The van der Waals surface area contributed by atoms with E-state index in [1.54, 1.807) is 36.4 Å². The van der Waals surface area contributed by atoms with Gasteiger partial charge in [-0.1, -0.05) is 24.3 Å². The van der Waals surface area contributed by atoms with Gasteiger partial charge in [-0.15, -0.1) is 0 Å². The molecule has 0 spiro atoms. The van der Waals surface area contributed by atoms with Crippen molar-refractivity contribution in [3.8, 4) is 0 Å². The van der Waals surface area contributed by atoms with Gasteiger partial charge in [0.15, 0.2) is 0 Å². The van der Waals surface area contributed by atoms with Crippen molar-refractivity contribution >= 4 is 23.3 Å². The molecule has 0 bridgehead atoms. The Kier molecular flexibility index (Phi) is 7.13. The molecule has 2 aromatic carbocycles. The first-order valence-electron chi connectivity index (χ1n) is 6.88. The van der Waals surface area contributed by atoms with Gasteiger partial charge in [0.25, 0.3) is 0 Å². The Morgan fingerprint density at radius 1 is 0.870 bits per heavy atom. The number of anilines is 2. The maximum atomic E-state index is 10.8. The van der Waals surface area contributed by atoms with Crippen molar-refractivity contribution in [3.63, 3.8) is 0 Å². The van der Waals surface area contributed by atoms with Crippen LogP contribution in [0, 0.1) is 0 Å². The molecular weight excluding hydrogens is 296 g/mol. The van der Waals surface area contributed by atoms with Crippen molar-refractivity contribution in [3.05, 3.63) is 59.7 Å². The quantitative estimate of drug-likeness (QED) is 0.586. The summed E-state index contributed by atoms with van der Waals surface area (Å²) in [5, 5.41) is 8.40. The van der Waals surface area contributed by atoms with Crippen LogP contribution in [0.3, 0.4) is 0 Å². The van der Waals surface area contributed by atoms with Crippen molar-refractivity contribution in [1.82, 2.24) is 0 Å². The Labute approximate surface area is 134 Å². The topological polar surface area (TPSA) is 116 Å². The number of esters is 1. The third-order valence-corrected chi connectivity index (χ3v) is 2.89. The Morgan fingerprint density at radius 3 is 1.61 bits per heavy atom. The van der Waals surface area contributed by atoms with Gasteiger partial charge in [-0.3, -0.25) is 9.59 Å². The molecule has 0 aromatic heterocycles. The number of carbonyl (C=O) groups excluding carboxylic acids is 1. The third-order valence-electron chi connectivity index (χ3n) is 2.89. The molecule has 0 radical (unpaired) electrons. The van der Waals surface area contributed by atoms with Crippen LogP contribution in [0.5, 0.6) is 0 Å². The van der Waals surface area contributed by atoms with E-state index in [1.807, 2.05) is 12.1 Å². The first-order valence-corrected chi connectivity index (χ1v) is 6.88. The molecule has 6 heteroatoms. The number of carbonyl (C=O) groups is 2. The summed E-state index contributed by atoms with van der Waals surface area (Å²) < 4.78 is 4.51. The average Bonchev–Trinajstić information content (AvgIpc) is 2.52. The molecule has 0 aliphatic carbocycles. The normalized spacial score (nSPS) is 9.43. The Hall–Kier alpha value is -3.02. The van der Waals surface area contributed by atoms with Gasteiger partial charge in [0.1, 0.15) is 0 Å². The van der Waals surface area contributed by atoms with Crippen molar-refractivity contribution in [1.29, 1.82) is 0 Å². The fourth-order valence-electron chi connectivity index (χ4n) is 1.68. The number of hydrogen-bond donors (Lipinski definition) is 3. The van der Waals surface area contributed by atoms with E-state index in [0.717, 1.165) is 11.1 Å². The van der Waals surface area contributed by atoms with E-state index in [2.05, 4.69) is 4.74 Å². The molecule has 5 N–H and O–H groups in total. The molecule has 0 fully saturated rings. The molecule has 0 unspecified atom stereocenters. The lowest BCUT2D eigenvalue weighted by Crippen LogP contribution is -2.04. The number of nitrogens with two attached hydrogens (primary N) is 2. The van der Waals surface area contributed by atoms with Crippen LogP contribution < -0.4 is 11.5 Å². The fourth-order valence-corrected chi connectivity index (χ4v) is 1.68. The number of ether oxygens (including phenoxy) is 1. The molecule has 0 amide bonds. The van der Waals surface area contributed by atoms with Crippen molar-refractivity contribution in [2.24, 2.45) is 0 Å². The lowest BCUT2D eigenvalue weighted by molar-refractivity contribution is -0.140. The van der Waals surface area contributed by atoms with E-state index in [-0.39, 0.29) is 12.4 Å². The van der Waals surface area contributed by atoms with Crippen LogP contribution in [0.2, 0.25) is 0 Å².